The molecule has 2 amide bonds. The summed E-state index contributed by atoms with van der Waals surface area (Å²) in [5.74, 6) is -0.979. The van der Waals surface area contributed by atoms with Crippen LogP contribution in [0, 0.1) is 0 Å². The van der Waals surface area contributed by atoms with Crippen LogP contribution < -0.4 is 5.43 Å². The lowest BCUT2D eigenvalue weighted by Crippen LogP contribution is -2.51. The van der Waals surface area contributed by atoms with Crippen LogP contribution in [0.1, 0.15) is 90.4 Å². The lowest BCUT2D eigenvalue weighted by Gasteiger charge is -2.22. The van der Waals surface area contributed by atoms with Crippen molar-refractivity contribution >= 4 is 17.8 Å². The van der Waals surface area contributed by atoms with E-state index in [1.807, 2.05) is 0 Å². The predicted octanol–water partition coefficient (Wildman–Crippen LogP) is 3.49. The molecule has 1 aliphatic heterocycles. The Hall–Kier alpha value is -1.43. The zero-order valence-electron chi connectivity index (χ0n) is 15.8. The fraction of sp³-hybridized carbons (Fsp3) is 0.842. The summed E-state index contributed by atoms with van der Waals surface area (Å²) in [6, 6.07) is -0.634. The van der Waals surface area contributed by atoms with E-state index in [0.29, 0.717) is 6.42 Å². The number of hydrogen-bond donors (Lipinski definition) is 1. The average molecular weight is 354 g/mol. The molecule has 1 atom stereocenters. The highest BCUT2D eigenvalue weighted by Crippen LogP contribution is 2.14. The van der Waals surface area contributed by atoms with Gasteiger partial charge in [-0.25, -0.2) is 10.4 Å². The van der Waals surface area contributed by atoms with Gasteiger partial charge in [0.25, 0.3) is 0 Å². The van der Waals surface area contributed by atoms with Crippen LogP contribution in [0.4, 0.5) is 0 Å². The third kappa shape index (κ3) is 8.47. The van der Waals surface area contributed by atoms with E-state index in [9.17, 15) is 14.4 Å². The minimum Gasteiger partial charge on any atom is -0.468 e. The molecule has 0 radical (unpaired) electrons. The first-order valence-corrected chi connectivity index (χ1v) is 9.80. The summed E-state index contributed by atoms with van der Waals surface area (Å²) in [5, 5.41) is 0.984. The van der Waals surface area contributed by atoms with Gasteiger partial charge < -0.3 is 4.74 Å². The van der Waals surface area contributed by atoms with Crippen LogP contribution in [0.3, 0.4) is 0 Å². The van der Waals surface area contributed by atoms with E-state index in [0.717, 1.165) is 24.3 Å². The highest BCUT2D eigenvalue weighted by molar-refractivity contribution is 6.01. The van der Waals surface area contributed by atoms with E-state index in [2.05, 4.69) is 12.3 Å². The number of ether oxygens (including phenoxy) is 1. The monoisotopic (exact) mass is 354 g/mol. The minimum absolute atomic E-state index is 0.206. The fourth-order valence-electron chi connectivity index (χ4n) is 3.09. The number of rotatable bonds is 14. The smallest absolute Gasteiger partial charge is 0.324 e. The van der Waals surface area contributed by atoms with Crippen molar-refractivity contribution in [1.29, 1.82) is 0 Å². The molecule has 0 aliphatic carbocycles. The SMILES string of the molecule is CCCCCCCCCCCCC(NN1C(=O)CCC1=O)C(=O)OC. The average Bonchev–Trinajstić information content (AvgIpc) is 2.93. The van der Waals surface area contributed by atoms with Gasteiger partial charge in [-0.3, -0.25) is 14.4 Å². The van der Waals surface area contributed by atoms with Crippen molar-refractivity contribution in [3.8, 4) is 0 Å². The van der Waals surface area contributed by atoms with Gasteiger partial charge in [-0.1, -0.05) is 71.1 Å². The van der Waals surface area contributed by atoms with Gasteiger partial charge in [0.1, 0.15) is 6.04 Å². The second-order valence-electron chi connectivity index (χ2n) is 6.80. The first-order chi connectivity index (χ1) is 12.1. The summed E-state index contributed by atoms with van der Waals surface area (Å²) in [6.45, 7) is 2.23. The molecule has 1 aliphatic rings. The van der Waals surface area contributed by atoms with Crippen LogP contribution in [0.2, 0.25) is 0 Å². The van der Waals surface area contributed by atoms with Gasteiger partial charge in [0, 0.05) is 12.8 Å². The van der Waals surface area contributed by atoms with Gasteiger partial charge in [-0.05, 0) is 6.42 Å². The van der Waals surface area contributed by atoms with Crippen LogP contribution in [0.25, 0.3) is 0 Å². The van der Waals surface area contributed by atoms with Gasteiger partial charge in [-0.2, -0.15) is 0 Å². The maximum Gasteiger partial charge on any atom is 0.324 e. The number of nitrogens with zero attached hydrogens (tertiary/aromatic N) is 1. The Labute approximate surface area is 151 Å². The maximum atomic E-state index is 11.9. The van der Waals surface area contributed by atoms with Crippen LogP contribution in [0.5, 0.6) is 0 Å². The lowest BCUT2D eigenvalue weighted by atomic mass is 10.0. The van der Waals surface area contributed by atoms with Gasteiger partial charge in [0.05, 0.1) is 7.11 Å². The zero-order valence-corrected chi connectivity index (χ0v) is 15.8. The summed E-state index contributed by atoms with van der Waals surface area (Å²) >= 11 is 0. The van der Waals surface area contributed by atoms with Crippen LogP contribution >= 0.6 is 0 Å². The molecule has 1 fully saturated rings. The van der Waals surface area contributed by atoms with Gasteiger partial charge >= 0.3 is 5.97 Å². The largest absolute Gasteiger partial charge is 0.468 e. The van der Waals surface area contributed by atoms with Gasteiger partial charge in [-0.15, -0.1) is 0 Å². The first-order valence-electron chi connectivity index (χ1n) is 9.80. The summed E-state index contributed by atoms with van der Waals surface area (Å²) in [7, 11) is 1.32. The molecule has 1 rings (SSSR count). The number of imide groups is 1. The number of esters is 1. The second-order valence-corrected chi connectivity index (χ2v) is 6.80. The fourth-order valence-corrected chi connectivity index (χ4v) is 3.09. The molecule has 25 heavy (non-hydrogen) atoms. The number of unbranched alkanes of at least 4 members (excludes halogenated alkanes) is 9. The van der Waals surface area contributed by atoms with Crippen LogP contribution in [0.15, 0.2) is 0 Å². The molecule has 0 spiro atoms. The Bertz CT molecular complexity index is 410. The van der Waals surface area contributed by atoms with Crippen LogP contribution in [-0.2, 0) is 19.1 Å². The number of carbonyl (C=O) groups excluding carboxylic acids is 3. The Morgan fingerprint density at radius 1 is 0.960 bits per heavy atom. The Morgan fingerprint density at radius 3 is 1.92 bits per heavy atom. The molecule has 1 heterocycles. The topological polar surface area (TPSA) is 75.7 Å². The molecule has 144 valence electrons. The molecule has 1 saturated heterocycles. The number of hydrazine groups is 1. The van der Waals surface area contributed by atoms with Crippen molar-refractivity contribution in [3.05, 3.63) is 0 Å². The summed E-state index contributed by atoms with van der Waals surface area (Å²) in [6.07, 6.45) is 13.2. The zero-order chi connectivity index (χ0) is 18.5. The Balaban J connectivity index is 2.18. The maximum absolute atomic E-state index is 11.9. The normalized spacial score (nSPS) is 15.7. The van der Waals surface area contributed by atoms with E-state index < -0.39 is 12.0 Å². The second kappa shape index (κ2) is 12.9. The Morgan fingerprint density at radius 2 is 1.44 bits per heavy atom. The predicted molar refractivity (Wildman–Crippen MR) is 96.5 cm³/mol. The molecule has 1 N–H and O–H groups in total. The molecule has 0 aromatic rings. The van der Waals surface area contributed by atoms with Crippen molar-refractivity contribution in [2.24, 2.45) is 0 Å². The first kappa shape index (κ1) is 21.6. The molecule has 0 aromatic carbocycles. The number of nitrogens with one attached hydrogen (secondary N) is 1. The van der Waals surface area contributed by atoms with Crippen molar-refractivity contribution in [2.45, 2.75) is 96.4 Å². The van der Waals surface area contributed by atoms with Gasteiger partial charge in [0.15, 0.2) is 0 Å². The Kier molecular flexibility index (Phi) is 11.1. The van der Waals surface area contributed by atoms with E-state index in [1.165, 1.54) is 52.1 Å². The molecular weight excluding hydrogens is 320 g/mol. The van der Waals surface area contributed by atoms with E-state index in [4.69, 9.17) is 4.74 Å². The van der Waals surface area contributed by atoms with E-state index in [1.54, 1.807) is 0 Å². The number of methoxy groups -OCH3 is 1. The van der Waals surface area contributed by atoms with Crippen LogP contribution in [-0.4, -0.2) is 35.9 Å². The summed E-state index contributed by atoms with van der Waals surface area (Å²) in [5.41, 5.74) is 2.76. The highest BCUT2D eigenvalue weighted by Gasteiger charge is 2.33. The number of hydrogen-bond acceptors (Lipinski definition) is 5. The molecule has 0 aromatic heterocycles. The van der Waals surface area contributed by atoms with Crippen molar-refractivity contribution in [2.75, 3.05) is 7.11 Å². The standard InChI is InChI=1S/C19H34N2O4/c1-3-4-5-6-7-8-9-10-11-12-13-16(19(24)25-2)20-21-17(22)14-15-18(21)23/h16,20H,3-15H2,1-2H3. The molecule has 6 nitrogen and oxygen atoms in total. The van der Waals surface area contributed by atoms with Crippen molar-refractivity contribution < 1.29 is 19.1 Å². The third-order valence-corrected chi connectivity index (χ3v) is 4.67. The van der Waals surface area contributed by atoms with Crippen molar-refractivity contribution in [3.63, 3.8) is 0 Å². The van der Waals surface area contributed by atoms with E-state index in [-0.39, 0.29) is 24.7 Å². The van der Waals surface area contributed by atoms with E-state index >= 15 is 0 Å². The molecular formula is C19H34N2O4. The van der Waals surface area contributed by atoms with Crippen molar-refractivity contribution in [1.82, 2.24) is 10.4 Å². The summed E-state index contributed by atoms with van der Waals surface area (Å²) < 4.78 is 4.78. The van der Waals surface area contributed by atoms with Gasteiger partial charge in [0.2, 0.25) is 11.8 Å². The number of amides is 2. The highest BCUT2D eigenvalue weighted by atomic mass is 16.5. The molecule has 0 saturated carbocycles. The quantitative estimate of drug-likeness (QED) is 0.293. The molecule has 6 heteroatoms. The lowest BCUT2D eigenvalue weighted by molar-refractivity contribution is -0.149. The molecule has 0 bridgehead atoms. The minimum atomic E-state index is -0.634. The number of carbonyl (C=O) groups is 3. The molecule has 1 unspecified atom stereocenters. The third-order valence-electron chi connectivity index (χ3n) is 4.67. The summed E-state index contributed by atoms with van der Waals surface area (Å²) in [4.78, 5) is 35.2.